The van der Waals surface area contributed by atoms with Crippen LogP contribution in [0.2, 0.25) is 0 Å². The lowest BCUT2D eigenvalue weighted by atomic mass is 10.4. The van der Waals surface area contributed by atoms with E-state index in [2.05, 4.69) is 4.99 Å². The van der Waals surface area contributed by atoms with Crippen LogP contribution in [-0.2, 0) is 19.6 Å². The summed E-state index contributed by atoms with van der Waals surface area (Å²) in [4.78, 5) is 14.0. The van der Waals surface area contributed by atoms with E-state index in [-0.39, 0.29) is 24.7 Å². The molecule has 1 aliphatic heterocycles. The van der Waals surface area contributed by atoms with Crippen LogP contribution in [0.4, 0.5) is 0 Å². The molecule has 2 rings (SSSR count). The van der Waals surface area contributed by atoms with Gasteiger partial charge in [0.25, 0.3) is 0 Å². The first kappa shape index (κ1) is 12.9. The van der Waals surface area contributed by atoms with Crippen molar-refractivity contribution in [2.24, 2.45) is 4.99 Å². The van der Waals surface area contributed by atoms with Gasteiger partial charge in [0.05, 0.1) is 18.1 Å². The quantitative estimate of drug-likeness (QED) is 0.586. The maximum absolute atomic E-state index is 12.4. The Morgan fingerprint density at radius 1 is 1.33 bits per heavy atom. The molecule has 0 aromatic heterocycles. The van der Waals surface area contributed by atoms with Gasteiger partial charge in [-0.15, -0.1) is 0 Å². The first-order valence-electron chi connectivity index (χ1n) is 5.38. The van der Waals surface area contributed by atoms with E-state index < -0.39 is 16.2 Å². The van der Waals surface area contributed by atoms with Crippen LogP contribution in [0.3, 0.4) is 0 Å². The topological polar surface area (TPSA) is 76.0 Å². The highest BCUT2D eigenvalue weighted by Crippen LogP contribution is 2.20. The number of aliphatic imine (C=N–C) groups is 1. The molecule has 1 aliphatic rings. The number of ether oxygens (including phenoxy) is 1. The monoisotopic (exact) mass is 268 g/mol. The average Bonchev–Trinajstić information content (AvgIpc) is 2.41. The van der Waals surface area contributed by atoms with E-state index in [4.69, 9.17) is 4.74 Å². The van der Waals surface area contributed by atoms with Crippen LogP contribution in [-0.4, -0.2) is 44.7 Å². The van der Waals surface area contributed by atoms with E-state index in [0.717, 1.165) is 4.31 Å². The third-order valence-electron chi connectivity index (χ3n) is 2.61. The molecule has 0 radical (unpaired) electrons. The van der Waals surface area contributed by atoms with Crippen molar-refractivity contribution in [3.63, 3.8) is 0 Å². The van der Waals surface area contributed by atoms with Gasteiger partial charge in [-0.3, -0.25) is 0 Å². The highest BCUT2D eigenvalue weighted by atomic mass is 32.2. The van der Waals surface area contributed by atoms with Gasteiger partial charge < -0.3 is 4.74 Å². The Hall–Kier alpha value is -1.53. The molecule has 0 amide bonds. The van der Waals surface area contributed by atoms with Crippen molar-refractivity contribution < 1.29 is 17.9 Å². The number of rotatable bonds is 3. The van der Waals surface area contributed by atoms with Gasteiger partial charge in [0.1, 0.15) is 0 Å². The fourth-order valence-electron chi connectivity index (χ4n) is 1.75. The van der Waals surface area contributed by atoms with Gasteiger partial charge in [-0.25, -0.2) is 13.2 Å². The smallest absolute Gasteiger partial charge is 0.245 e. The van der Waals surface area contributed by atoms with Crippen LogP contribution >= 0.6 is 0 Å². The molecule has 0 saturated carbocycles. The molecule has 0 bridgehead atoms. The molecule has 1 fully saturated rings. The van der Waals surface area contributed by atoms with E-state index in [9.17, 15) is 13.2 Å². The lowest BCUT2D eigenvalue weighted by Crippen LogP contribution is -2.47. The minimum Gasteiger partial charge on any atom is -0.376 e. The fourth-order valence-corrected chi connectivity index (χ4v) is 3.26. The summed E-state index contributed by atoms with van der Waals surface area (Å²) in [5, 5.41) is 0. The average molecular weight is 268 g/mol. The molecule has 1 heterocycles. The van der Waals surface area contributed by atoms with E-state index in [1.54, 1.807) is 18.2 Å². The number of sulfonamides is 1. The molecule has 7 heteroatoms. The van der Waals surface area contributed by atoms with Crippen molar-refractivity contribution in [1.29, 1.82) is 0 Å². The predicted molar refractivity (Wildman–Crippen MR) is 63.1 cm³/mol. The lowest BCUT2D eigenvalue weighted by molar-refractivity contribution is 0.0359. The summed E-state index contributed by atoms with van der Waals surface area (Å²) in [5.41, 5.74) is 0. The standard InChI is InChI=1S/C11H12N2O4S/c14-9-12-11-8-17-7-6-13(11)18(15,16)10-4-2-1-3-5-10/h1-5,11H,6-8H2. The second-order valence-corrected chi connectivity index (χ2v) is 5.60. The van der Waals surface area contributed by atoms with Gasteiger partial charge >= 0.3 is 0 Å². The van der Waals surface area contributed by atoms with E-state index in [1.165, 1.54) is 18.2 Å². The summed E-state index contributed by atoms with van der Waals surface area (Å²) in [6.45, 7) is 0.533. The summed E-state index contributed by atoms with van der Waals surface area (Å²) in [5.74, 6) is 0. The van der Waals surface area contributed by atoms with Crippen LogP contribution in [0, 0.1) is 0 Å². The number of hydrogen-bond acceptors (Lipinski definition) is 5. The Morgan fingerprint density at radius 3 is 2.72 bits per heavy atom. The highest BCUT2D eigenvalue weighted by molar-refractivity contribution is 7.89. The minimum absolute atomic E-state index is 0.0707. The van der Waals surface area contributed by atoms with Gasteiger partial charge in [0, 0.05) is 6.54 Å². The molecule has 0 N–H and O–H groups in total. The third kappa shape index (κ3) is 2.49. The Labute approximate surface area is 105 Å². The van der Waals surface area contributed by atoms with Crippen molar-refractivity contribution in [1.82, 2.24) is 4.31 Å². The van der Waals surface area contributed by atoms with Gasteiger partial charge in [0.2, 0.25) is 16.1 Å². The first-order chi connectivity index (χ1) is 8.66. The number of morpholine rings is 1. The van der Waals surface area contributed by atoms with Gasteiger partial charge in [-0.05, 0) is 12.1 Å². The Kier molecular flexibility index (Phi) is 3.88. The van der Waals surface area contributed by atoms with Crippen molar-refractivity contribution in [3.05, 3.63) is 30.3 Å². The molecule has 96 valence electrons. The molecule has 18 heavy (non-hydrogen) atoms. The Morgan fingerprint density at radius 2 is 2.06 bits per heavy atom. The summed E-state index contributed by atoms with van der Waals surface area (Å²) in [7, 11) is -3.65. The molecule has 1 saturated heterocycles. The van der Waals surface area contributed by atoms with Crippen LogP contribution in [0.1, 0.15) is 0 Å². The number of hydrogen-bond donors (Lipinski definition) is 0. The summed E-state index contributed by atoms with van der Waals surface area (Å²) in [6.07, 6.45) is 0.548. The van der Waals surface area contributed by atoms with Gasteiger partial charge in [0.15, 0.2) is 6.17 Å². The van der Waals surface area contributed by atoms with Crippen LogP contribution in [0.25, 0.3) is 0 Å². The summed E-state index contributed by atoms with van der Waals surface area (Å²) >= 11 is 0. The SMILES string of the molecule is O=C=NC1COCCN1S(=O)(=O)c1ccccc1. The van der Waals surface area contributed by atoms with Crippen molar-refractivity contribution >= 4 is 16.1 Å². The summed E-state index contributed by atoms with van der Waals surface area (Å²) in [6, 6.07) is 8.04. The number of carbonyl (C=O) groups excluding carboxylic acids is 1. The summed E-state index contributed by atoms with van der Waals surface area (Å²) < 4.78 is 31.0. The highest BCUT2D eigenvalue weighted by Gasteiger charge is 2.33. The minimum atomic E-state index is -3.65. The molecule has 1 atom stereocenters. The van der Waals surface area contributed by atoms with Crippen molar-refractivity contribution in [3.8, 4) is 0 Å². The lowest BCUT2D eigenvalue weighted by Gasteiger charge is -2.30. The Balaban J connectivity index is 2.36. The van der Waals surface area contributed by atoms with E-state index >= 15 is 0 Å². The molecule has 0 spiro atoms. The van der Waals surface area contributed by atoms with Crippen LogP contribution in [0.5, 0.6) is 0 Å². The third-order valence-corrected chi connectivity index (χ3v) is 4.52. The normalized spacial score (nSPS) is 21.2. The molecule has 1 aromatic rings. The van der Waals surface area contributed by atoms with E-state index in [0.29, 0.717) is 0 Å². The number of nitrogens with zero attached hydrogens (tertiary/aromatic N) is 2. The van der Waals surface area contributed by atoms with Crippen LogP contribution in [0.15, 0.2) is 40.2 Å². The van der Waals surface area contributed by atoms with Gasteiger partial charge in [-0.1, -0.05) is 18.2 Å². The zero-order valence-electron chi connectivity index (χ0n) is 9.52. The van der Waals surface area contributed by atoms with Crippen molar-refractivity contribution in [2.75, 3.05) is 19.8 Å². The first-order valence-corrected chi connectivity index (χ1v) is 6.82. The molecule has 6 nitrogen and oxygen atoms in total. The molecular weight excluding hydrogens is 256 g/mol. The second-order valence-electron chi connectivity index (χ2n) is 3.70. The Bertz CT molecular complexity index is 552. The molecule has 1 unspecified atom stereocenters. The largest absolute Gasteiger partial charge is 0.376 e. The maximum atomic E-state index is 12.4. The van der Waals surface area contributed by atoms with E-state index in [1.807, 2.05) is 0 Å². The van der Waals surface area contributed by atoms with Crippen LogP contribution < -0.4 is 0 Å². The van der Waals surface area contributed by atoms with Gasteiger partial charge in [-0.2, -0.15) is 9.30 Å². The predicted octanol–water partition coefficient (Wildman–Crippen LogP) is 0.369. The molecule has 0 aliphatic carbocycles. The van der Waals surface area contributed by atoms with Crippen molar-refractivity contribution in [2.45, 2.75) is 11.1 Å². The molecular formula is C11H12N2O4S. The second kappa shape index (κ2) is 5.41. The molecule has 1 aromatic carbocycles. The number of benzene rings is 1. The zero-order valence-corrected chi connectivity index (χ0v) is 10.3. The maximum Gasteiger partial charge on any atom is 0.245 e. The number of isocyanates is 1. The zero-order chi connectivity index (χ0) is 13.0. The fraction of sp³-hybridized carbons (Fsp3) is 0.364.